The highest BCUT2D eigenvalue weighted by atomic mass is 35.5. The fourth-order valence-electron chi connectivity index (χ4n) is 1.22. The molecule has 0 unspecified atom stereocenters. The van der Waals surface area contributed by atoms with Gasteiger partial charge in [0.2, 0.25) is 0 Å². The lowest BCUT2D eigenvalue weighted by molar-refractivity contribution is 1.15. The Kier molecular flexibility index (Phi) is 1.82. The molecule has 0 saturated heterocycles. The van der Waals surface area contributed by atoms with Gasteiger partial charge in [0.25, 0.3) is 0 Å². The van der Waals surface area contributed by atoms with Crippen molar-refractivity contribution in [2.45, 2.75) is 0 Å². The number of anilines is 1. The number of nitrogens with two attached hydrogens (primary N) is 1. The van der Waals surface area contributed by atoms with Crippen LogP contribution < -0.4 is 16.9 Å². The van der Waals surface area contributed by atoms with Gasteiger partial charge < -0.3 is 15.7 Å². The van der Waals surface area contributed by atoms with Crippen LogP contribution in [0.4, 0.5) is 5.69 Å². The standard InChI is InChI=1S/C8H6ClN3O2/c9-3-1-4(10)6-5(2-3)11-7(13)8(14)12-6/h1-2H,10H2,(H,11,13)(H,12,14). The van der Waals surface area contributed by atoms with Crippen LogP contribution in [0.25, 0.3) is 11.0 Å². The Balaban J connectivity index is 3.03. The van der Waals surface area contributed by atoms with Crippen LogP contribution in [0, 0.1) is 0 Å². The van der Waals surface area contributed by atoms with Gasteiger partial charge in [-0.1, -0.05) is 11.6 Å². The van der Waals surface area contributed by atoms with Crippen LogP contribution in [0.3, 0.4) is 0 Å². The number of fused-ring (bicyclic) bond motifs is 1. The zero-order chi connectivity index (χ0) is 10.3. The minimum Gasteiger partial charge on any atom is -0.397 e. The summed E-state index contributed by atoms with van der Waals surface area (Å²) < 4.78 is 0. The molecule has 0 aliphatic rings. The average Bonchev–Trinajstić information content (AvgIpc) is 2.08. The van der Waals surface area contributed by atoms with Crippen molar-refractivity contribution in [1.82, 2.24) is 9.97 Å². The molecule has 1 aromatic carbocycles. The maximum atomic E-state index is 11.0. The van der Waals surface area contributed by atoms with E-state index in [2.05, 4.69) is 9.97 Å². The van der Waals surface area contributed by atoms with Gasteiger partial charge in [0.05, 0.1) is 16.7 Å². The van der Waals surface area contributed by atoms with E-state index in [1.807, 2.05) is 0 Å². The smallest absolute Gasteiger partial charge is 0.314 e. The van der Waals surface area contributed by atoms with Crippen molar-refractivity contribution in [3.63, 3.8) is 0 Å². The first-order valence-electron chi connectivity index (χ1n) is 3.79. The Labute approximate surface area is 82.5 Å². The number of halogens is 1. The number of benzene rings is 1. The molecule has 0 bridgehead atoms. The molecule has 2 aromatic rings. The summed E-state index contributed by atoms with van der Waals surface area (Å²) in [5.41, 5.74) is 5.27. The summed E-state index contributed by atoms with van der Waals surface area (Å²) in [6.45, 7) is 0. The number of aromatic amines is 2. The van der Waals surface area contributed by atoms with Crippen LogP contribution in [0.5, 0.6) is 0 Å². The summed E-state index contributed by atoms with van der Waals surface area (Å²) in [6.07, 6.45) is 0. The number of hydrogen-bond donors (Lipinski definition) is 3. The Bertz CT molecular complexity index is 614. The van der Waals surface area contributed by atoms with Gasteiger partial charge in [-0.05, 0) is 12.1 Å². The van der Waals surface area contributed by atoms with Crippen LogP contribution >= 0.6 is 11.6 Å². The van der Waals surface area contributed by atoms with Gasteiger partial charge in [0, 0.05) is 5.02 Å². The van der Waals surface area contributed by atoms with Crippen LogP contribution in [-0.4, -0.2) is 9.97 Å². The van der Waals surface area contributed by atoms with Crippen LogP contribution in [0.2, 0.25) is 5.02 Å². The summed E-state index contributed by atoms with van der Waals surface area (Å²) in [4.78, 5) is 26.7. The molecule has 72 valence electrons. The third-order valence-corrected chi connectivity index (χ3v) is 2.04. The van der Waals surface area contributed by atoms with Gasteiger partial charge in [0.15, 0.2) is 0 Å². The lowest BCUT2D eigenvalue weighted by Gasteiger charge is -2.01. The zero-order valence-electron chi connectivity index (χ0n) is 6.93. The second-order valence-electron chi connectivity index (χ2n) is 2.83. The molecule has 0 saturated carbocycles. The molecular weight excluding hydrogens is 206 g/mol. The SMILES string of the molecule is Nc1cc(Cl)cc2[nH]c(=O)c(=O)[nH]c12. The number of rotatable bonds is 0. The van der Waals surface area contributed by atoms with Crippen molar-refractivity contribution in [1.29, 1.82) is 0 Å². The van der Waals surface area contributed by atoms with Gasteiger partial charge in [-0.3, -0.25) is 9.59 Å². The van der Waals surface area contributed by atoms with E-state index in [1.165, 1.54) is 12.1 Å². The van der Waals surface area contributed by atoms with Crippen molar-refractivity contribution in [2.75, 3.05) is 5.73 Å². The third-order valence-electron chi connectivity index (χ3n) is 1.83. The molecule has 0 fully saturated rings. The van der Waals surface area contributed by atoms with Crippen LogP contribution in [-0.2, 0) is 0 Å². The molecule has 0 aliphatic carbocycles. The van der Waals surface area contributed by atoms with Crippen LogP contribution in [0.1, 0.15) is 0 Å². The molecule has 0 spiro atoms. The fourth-order valence-corrected chi connectivity index (χ4v) is 1.44. The highest BCUT2D eigenvalue weighted by molar-refractivity contribution is 6.31. The number of aromatic nitrogens is 2. The van der Waals surface area contributed by atoms with Gasteiger partial charge in [-0.25, -0.2) is 0 Å². The third kappa shape index (κ3) is 1.27. The normalized spacial score (nSPS) is 10.6. The molecule has 14 heavy (non-hydrogen) atoms. The molecule has 0 aliphatic heterocycles. The van der Waals surface area contributed by atoms with Gasteiger partial charge in [-0.2, -0.15) is 0 Å². The molecule has 0 amide bonds. The van der Waals surface area contributed by atoms with Gasteiger partial charge in [0.1, 0.15) is 0 Å². The first kappa shape index (κ1) is 8.83. The topological polar surface area (TPSA) is 91.7 Å². The van der Waals surface area contributed by atoms with Crippen molar-refractivity contribution in [3.8, 4) is 0 Å². The number of hydrogen-bond acceptors (Lipinski definition) is 3. The molecule has 2 rings (SSSR count). The summed E-state index contributed by atoms with van der Waals surface area (Å²) in [7, 11) is 0. The molecule has 1 aromatic heterocycles. The predicted molar refractivity (Wildman–Crippen MR) is 54.6 cm³/mol. The minimum atomic E-state index is -0.730. The van der Waals surface area contributed by atoms with E-state index in [0.717, 1.165) is 0 Å². The Morgan fingerprint density at radius 1 is 1.14 bits per heavy atom. The number of nitrogen functional groups attached to an aromatic ring is 1. The molecule has 6 heteroatoms. The maximum absolute atomic E-state index is 11.0. The van der Waals surface area contributed by atoms with E-state index in [0.29, 0.717) is 21.7 Å². The summed E-state index contributed by atoms with van der Waals surface area (Å²) in [6, 6.07) is 3.02. The fraction of sp³-hybridized carbons (Fsp3) is 0. The maximum Gasteiger partial charge on any atom is 0.314 e. The highest BCUT2D eigenvalue weighted by Crippen LogP contribution is 2.20. The Hall–Kier alpha value is -1.75. The molecule has 0 atom stereocenters. The van der Waals surface area contributed by atoms with E-state index in [1.54, 1.807) is 0 Å². The molecular formula is C8H6ClN3O2. The molecule has 1 heterocycles. The monoisotopic (exact) mass is 211 g/mol. The van der Waals surface area contributed by atoms with E-state index < -0.39 is 11.1 Å². The summed E-state index contributed by atoms with van der Waals surface area (Å²) in [5, 5.41) is 0.401. The van der Waals surface area contributed by atoms with Gasteiger partial charge in [-0.15, -0.1) is 0 Å². The second kappa shape index (κ2) is 2.88. The second-order valence-corrected chi connectivity index (χ2v) is 3.26. The van der Waals surface area contributed by atoms with E-state index in [4.69, 9.17) is 17.3 Å². The molecule has 4 N–H and O–H groups in total. The number of nitrogens with one attached hydrogen (secondary N) is 2. The molecule has 5 nitrogen and oxygen atoms in total. The lowest BCUT2D eigenvalue weighted by atomic mass is 10.2. The Morgan fingerprint density at radius 3 is 2.50 bits per heavy atom. The lowest BCUT2D eigenvalue weighted by Crippen LogP contribution is -2.29. The van der Waals surface area contributed by atoms with E-state index >= 15 is 0 Å². The summed E-state index contributed by atoms with van der Waals surface area (Å²) in [5.74, 6) is 0. The largest absolute Gasteiger partial charge is 0.397 e. The first-order chi connectivity index (χ1) is 6.58. The molecule has 0 radical (unpaired) electrons. The van der Waals surface area contributed by atoms with E-state index in [-0.39, 0.29) is 0 Å². The average molecular weight is 212 g/mol. The minimum absolute atomic E-state index is 0.320. The number of H-pyrrole nitrogens is 2. The predicted octanol–water partition coefficient (Wildman–Crippen LogP) is 0.452. The highest BCUT2D eigenvalue weighted by Gasteiger charge is 2.03. The van der Waals surface area contributed by atoms with Crippen molar-refractivity contribution in [3.05, 3.63) is 37.9 Å². The first-order valence-corrected chi connectivity index (χ1v) is 4.17. The van der Waals surface area contributed by atoms with Crippen molar-refractivity contribution < 1.29 is 0 Å². The van der Waals surface area contributed by atoms with Gasteiger partial charge >= 0.3 is 11.1 Å². The summed E-state index contributed by atoms with van der Waals surface area (Å²) >= 11 is 5.72. The Morgan fingerprint density at radius 2 is 1.79 bits per heavy atom. The van der Waals surface area contributed by atoms with Crippen molar-refractivity contribution >= 4 is 28.3 Å². The quantitative estimate of drug-likeness (QED) is 0.437. The van der Waals surface area contributed by atoms with Crippen molar-refractivity contribution in [2.24, 2.45) is 0 Å². The zero-order valence-corrected chi connectivity index (χ0v) is 7.68. The van der Waals surface area contributed by atoms with E-state index in [9.17, 15) is 9.59 Å². The van der Waals surface area contributed by atoms with Crippen LogP contribution in [0.15, 0.2) is 21.7 Å².